The summed E-state index contributed by atoms with van der Waals surface area (Å²) in [7, 11) is 0.535. The molecule has 0 fully saturated rings. The van der Waals surface area contributed by atoms with Crippen molar-refractivity contribution in [2.75, 3.05) is 26.5 Å². The summed E-state index contributed by atoms with van der Waals surface area (Å²) in [5.41, 5.74) is 0.655. The molecule has 8 heteroatoms. The molecule has 2 rings (SSSR count). The van der Waals surface area contributed by atoms with E-state index in [-0.39, 0.29) is 15.5 Å². The van der Waals surface area contributed by atoms with Gasteiger partial charge >= 0.3 is 0 Å². The lowest BCUT2D eigenvalue weighted by atomic mass is 10.2. The van der Waals surface area contributed by atoms with Crippen LogP contribution in [0.4, 0.5) is 5.69 Å². The maximum atomic E-state index is 12.4. The number of benzene rings is 2. The summed E-state index contributed by atoms with van der Waals surface area (Å²) in [4.78, 5) is 12.3. The Morgan fingerprint density at radius 2 is 1.83 bits per heavy atom. The number of rotatable bonds is 5. The summed E-state index contributed by atoms with van der Waals surface area (Å²) in [6.07, 6.45) is 0. The van der Waals surface area contributed by atoms with Gasteiger partial charge in [-0.3, -0.25) is 4.79 Å². The van der Waals surface area contributed by atoms with Gasteiger partial charge in [-0.2, -0.15) is 0 Å². The molecule has 0 bridgehead atoms. The maximum Gasteiger partial charge on any atom is 0.255 e. The van der Waals surface area contributed by atoms with Gasteiger partial charge in [0.15, 0.2) is 0 Å². The van der Waals surface area contributed by atoms with Crippen LogP contribution in [0.15, 0.2) is 47.4 Å². The second-order valence-corrected chi connectivity index (χ2v) is 7.61. The summed E-state index contributed by atoms with van der Waals surface area (Å²) in [6, 6.07) is 11.0. The van der Waals surface area contributed by atoms with Gasteiger partial charge in [-0.05, 0) is 30.3 Å². The van der Waals surface area contributed by atoms with Gasteiger partial charge in [0.1, 0.15) is 10.6 Å². The Labute approximate surface area is 146 Å². The Balaban J connectivity index is 2.38. The van der Waals surface area contributed by atoms with Crippen LogP contribution in [0.25, 0.3) is 0 Å². The molecule has 128 valence electrons. The highest BCUT2D eigenvalue weighted by molar-refractivity contribution is 7.89. The lowest BCUT2D eigenvalue weighted by Crippen LogP contribution is -2.23. The van der Waals surface area contributed by atoms with Crippen molar-refractivity contribution in [3.8, 4) is 5.75 Å². The number of halogens is 1. The molecule has 0 saturated carbocycles. The first-order chi connectivity index (χ1) is 11.3. The number of carbonyl (C=O) groups is 1. The topological polar surface area (TPSA) is 75.7 Å². The molecule has 0 aromatic heterocycles. The summed E-state index contributed by atoms with van der Waals surface area (Å²) >= 11 is 5.98. The Bertz CT molecular complexity index is 866. The molecule has 2 aromatic carbocycles. The van der Waals surface area contributed by atoms with Crippen molar-refractivity contribution in [2.24, 2.45) is 0 Å². The zero-order valence-corrected chi connectivity index (χ0v) is 15.0. The van der Waals surface area contributed by atoms with Crippen LogP contribution in [0.1, 0.15) is 10.4 Å². The number of ether oxygens (including phenoxy) is 1. The normalized spacial score (nSPS) is 11.4. The van der Waals surface area contributed by atoms with E-state index in [1.807, 2.05) is 0 Å². The Morgan fingerprint density at radius 1 is 1.17 bits per heavy atom. The molecule has 0 saturated heterocycles. The molecule has 0 aliphatic rings. The van der Waals surface area contributed by atoms with Crippen molar-refractivity contribution in [3.63, 3.8) is 0 Å². The molecule has 6 nitrogen and oxygen atoms in total. The van der Waals surface area contributed by atoms with Crippen LogP contribution < -0.4 is 10.1 Å². The third-order valence-corrected chi connectivity index (χ3v) is 5.60. The largest absolute Gasteiger partial charge is 0.495 e. The fourth-order valence-electron chi connectivity index (χ4n) is 1.98. The highest BCUT2D eigenvalue weighted by Crippen LogP contribution is 2.27. The van der Waals surface area contributed by atoms with E-state index in [9.17, 15) is 13.2 Å². The second kappa shape index (κ2) is 7.21. The monoisotopic (exact) mass is 368 g/mol. The molecular formula is C16H17ClN2O4S. The summed E-state index contributed by atoms with van der Waals surface area (Å²) in [5.74, 6) is 0.0346. The average molecular weight is 369 g/mol. The van der Waals surface area contributed by atoms with Crippen LogP contribution in [-0.2, 0) is 10.0 Å². The minimum atomic E-state index is -3.75. The molecule has 0 aliphatic carbocycles. The number of carbonyl (C=O) groups excluding carboxylic acids is 1. The van der Waals surface area contributed by atoms with E-state index in [1.165, 1.54) is 39.4 Å². The average Bonchev–Trinajstić information content (AvgIpc) is 2.55. The van der Waals surface area contributed by atoms with E-state index in [2.05, 4.69) is 5.32 Å². The lowest BCUT2D eigenvalue weighted by Gasteiger charge is -2.14. The fourth-order valence-corrected chi connectivity index (χ4v) is 3.38. The van der Waals surface area contributed by atoms with Crippen molar-refractivity contribution in [2.45, 2.75) is 4.90 Å². The molecule has 0 unspecified atom stereocenters. The van der Waals surface area contributed by atoms with Crippen LogP contribution >= 0.6 is 11.6 Å². The van der Waals surface area contributed by atoms with Gasteiger partial charge in [0.2, 0.25) is 10.0 Å². The standard InChI is InChI=1S/C16H17ClN2O4S/c1-19(2)24(21,22)15-10-11(8-9-12(15)17)16(20)18-13-6-4-5-7-14(13)23-3/h4-10H,1-3H3,(H,18,20). The van der Waals surface area contributed by atoms with E-state index >= 15 is 0 Å². The zero-order valence-electron chi connectivity index (χ0n) is 13.4. The molecule has 24 heavy (non-hydrogen) atoms. The van der Waals surface area contributed by atoms with Crippen LogP contribution in [0, 0.1) is 0 Å². The SMILES string of the molecule is COc1ccccc1NC(=O)c1ccc(Cl)c(S(=O)(=O)N(C)C)c1. The zero-order chi connectivity index (χ0) is 17.9. The predicted octanol–water partition coefficient (Wildman–Crippen LogP) is 2.85. The quantitative estimate of drug-likeness (QED) is 0.880. The van der Waals surface area contributed by atoms with E-state index < -0.39 is 15.9 Å². The third-order valence-electron chi connectivity index (χ3n) is 3.31. The Kier molecular flexibility index (Phi) is 5.48. The van der Waals surface area contributed by atoms with Crippen molar-refractivity contribution in [1.82, 2.24) is 4.31 Å². The highest BCUT2D eigenvalue weighted by atomic mass is 35.5. The smallest absolute Gasteiger partial charge is 0.255 e. The Hall–Kier alpha value is -2.09. The number of hydrogen-bond donors (Lipinski definition) is 1. The number of para-hydroxylation sites is 2. The van der Waals surface area contributed by atoms with Crippen LogP contribution in [0.2, 0.25) is 5.02 Å². The maximum absolute atomic E-state index is 12.4. The number of sulfonamides is 1. The van der Waals surface area contributed by atoms with E-state index in [0.717, 1.165) is 4.31 Å². The second-order valence-electron chi connectivity index (χ2n) is 5.09. The predicted molar refractivity (Wildman–Crippen MR) is 93.3 cm³/mol. The van der Waals surface area contributed by atoms with Crippen molar-refractivity contribution < 1.29 is 17.9 Å². The van der Waals surface area contributed by atoms with E-state index in [0.29, 0.717) is 11.4 Å². The first kappa shape index (κ1) is 18.3. The molecule has 0 heterocycles. The van der Waals surface area contributed by atoms with Crippen LogP contribution in [-0.4, -0.2) is 39.8 Å². The van der Waals surface area contributed by atoms with Crippen molar-refractivity contribution in [3.05, 3.63) is 53.1 Å². The van der Waals surface area contributed by atoms with Gasteiger partial charge in [-0.25, -0.2) is 12.7 Å². The van der Waals surface area contributed by atoms with Gasteiger partial charge in [-0.15, -0.1) is 0 Å². The first-order valence-electron chi connectivity index (χ1n) is 6.94. The molecule has 1 amide bonds. The first-order valence-corrected chi connectivity index (χ1v) is 8.75. The van der Waals surface area contributed by atoms with Gasteiger partial charge in [0.25, 0.3) is 5.91 Å². The Morgan fingerprint density at radius 3 is 2.46 bits per heavy atom. The molecule has 0 spiro atoms. The van der Waals surface area contributed by atoms with Crippen molar-refractivity contribution >= 4 is 33.2 Å². The molecule has 0 aliphatic heterocycles. The number of nitrogens with zero attached hydrogens (tertiary/aromatic N) is 1. The fraction of sp³-hybridized carbons (Fsp3) is 0.188. The number of nitrogens with one attached hydrogen (secondary N) is 1. The highest BCUT2D eigenvalue weighted by Gasteiger charge is 2.22. The van der Waals surface area contributed by atoms with Crippen LogP contribution in [0.5, 0.6) is 5.75 Å². The summed E-state index contributed by atoms with van der Waals surface area (Å²) < 4.78 is 30.8. The molecule has 0 atom stereocenters. The molecule has 0 radical (unpaired) electrons. The summed E-state index contributed by atoms with van der Waals surface area (Å²) in [6.45, 7) is 0. The van der Waals surface area contributed by atoms with Crippen LogP contribution in [0.3, 0.4) is 0 Å². The van der Waals surface area contributed by atoms with Gasteiger partial charge in [0, 0.05) is 19.7 Å². The van der Waals surface area contributed by atoms with Gasteiger partial charge in [0.05, 0.1) is 17.8 Å². The number of anilines is 1. The number of amides is 1. The van der Waals surface area contributed by atoms with E-state index in [1.54, 1.807) is 24.3 Å². The third kappa shape index (κ3) is 3.69. The van der Waals surface area contributed by atoms with Crippen molar-refractivity contribution in [1.29, 1.82) is 0 Å². The lowest BCUT2D eigenvalue weighted by molar-refractivity contribution is 0.102. The summed E-state index contributed by atoms with van der Waals surface area (Å²) in [5, 5.41) is 2.74. The minimum Gasteiger partial charge on any atom is -0.495 e. The van der Waals surface area contributed by atoms with Gasteiger partial charge in [-0.1, -0.05) is 23.7 Å². The molecule has 1 N–H and O–H groups in total. The van der Waals surface area contributed by atoms with Gasteiger partial charge < -0.3 is 10.1 Å². The molecule has 2 aromatic rings. The number of hydrogen-bond acceptors (Lipinski definition) is 4. The number of methoxy groups -OCH3 is 1. The van der Waals surface area contributed by atoms with E-state index in [4.69, 9.17) is 16.3 Å². The minimum absolute atomic E-state index is 0.0533. The molecular weight excluding hydrogens is 352 g/mol.